The molecule has 1 aromatic carbocycles. The lowest BCUT2D eigenvalue weighted by Gasteiger charge is -2.02. The summed E-state index contributed by atoms with van der Waals surface area (Å²) in [6.07, 6.45) is 3.66. The van der Waals surface area contributed by atoms with Crippen molar-refractivity contribution in [2.45, 2.75) is 6.92 Å². The molecule has 0 atom stereocenters. The zero-order valence-corrected chi connectivity index (χ0v) is 14.0. The maximum atomic E-state index is 11.6. The van der Waals surface area contributed by atoms with Gasteiger partial charge in [-0.25, -0.2) is 0 Å². The zero-order chi connectivity index (χ0) is 17.2. The molecule has 24 heavy (non-hydrogen) atoms. The molecule has 0 spiro atoms. The van der Waals surface area contributed by atoms with Gasteiger partial charge < -0.3 is 14.6 Å². The lowest BCUT2D eigenvalue weighted by Crippen LogP contribution is -2.16. The predicted molar refractivity (Wildman–Crippen MR) is 93.6 cm³/mol. The van der Waals surface area contributed by atoms with Gasteiger partial charge in [-0.3, -0.25) is 9.59 Å². The van der Waals surface area contributed by atoms with Gasteiger partial charge in [-0.2, -0.15) is 0 Å². The molecule has 0 aliphatic carbocycles. The molecule has 0 saturated heterocycles. The summed E-state index contributed by atoms with van der Waals surface area (Å²) in [7, 11) is 0. The number of hydrogen-bond acceptors (Lipinski definition) is 6. The number of rotatable bonds is 8. The van der Waals surface area contributed by atoms with Crippen LogP contribution in [0.1, 0.15) is 11.3 Å². The Morgan fingerprint density at radius 2 is 2.08 bits per heavy atom. The molecule has 126 valence electrons. The SMILES string of the molecule is Cc1cc(NC(=O)CSCC(=O)OC/C=C/c2ccccc2)no1. The number of esters is 1. The van der Waals surface area contributed by atoms with Crippen LogP contribution < -0.4 is 5.32 Å². The van der Waals surface area contributed by atoms with E-state index in [0.717, 1.165) is 5.56 Å². The van der Waals surface area contributed by atoms with Crippen LogP contribution >= 0.6 is 11.8 Å². The molecule has 2 rings (SSSR count). The number of carbonyl (C=O) groups excluding carboxylic acids is 2. The van der Waals surface area contributed by atoms with Crippen LogP contribution in [0.25, 0.3) is 6.08 Å². The molecule has 1 amide bonds. The molecule has 0 bridgehead atoms. The summed E-state index contributed by atoms with van der Waals surface area (Å²) < 4.78 is 9.90. The van der Waals surface area contributed by atoms with Crippen molar-refractivity contribution in [1.82, 2.24) is 5.16 Å². The van der Waals surface area contributed by atoms with E-state index in [1.807, 2.05) is 36.4 Å². The van der Waals surface area contributed by atoms with E-state index in [-0.39, 0.29) is 30.0 Å². The fourth-order valence-corrected chi connectivity index (χ4v) is 2.37. The number of anilines is 1. The van der Waals surface area contributed by atoms with Crippen LogP contribution in [0.4, 0.5) is 5.82 Å². The van der Waals surface area contributed by atoms with Crippen LogP contribution in [0.3, 0.4) is 0 Å². The maximum Gasteiger partial charge on any atom is 0.316 e. The number of aryl methyl sites for hydroxylation is 1. The number of nitrogens with one attached hydrogen (secondary N) is 1. The number of hydrogen-bond donors (Lipinski definition) is 1. The van der Waals surface area contributed by atoms with E-state index in [1.165, 1.54) is 11.8 Å². The number of nitrogens with zero attached hydrogens (tertiary/aromatic N) is 1. The molecule has 0 fully saturated rings. The first-order valence-corrected chi connectivity index (χ1v) is 8.47. The topological polar surface area (TPSA) is 81.4 Å². The molecule has 1 N–H and O–H groups in total. The molecule has 0 aliphatic heterocycles. The van der Waals surface area contributed by atoms with Crippen LogP contribution in [0.5, 0.6) is 0 Å². The van der Waals surface area contributed by atoms with E-state index in [4.69, 9.17) is 9.26 Å². The number of benzene rings is 1. The highest BCUT2D eigenvalue weighted by Crippen LogP contribution is 2.08. The third kappa shape index (κ3) is 6.70. The molecule has 0 unspecified atom stereocenters. The monoisotopic (exact) mass is 346 g/mol. The Labute approximate surface area is 144 Å². The summed E-state index contributed by atoms with van der Waals surface area (Å²) in [6, 6.07) is 11.4. The zero-order valence-electron chi connectivity index (χ0n) is 13.2. The highest BCUT2D eigenvalue weighted by molar-refractivity contribution is 8.00. The third-order valence-corrected chi connectivity index (χ3v) is 3.71. The fourth-order valence-electron chi connectivity index (χ4n) is 1.76. The smallest absolute Gasteiger partial charge is 0.316 e. The first kappa shape index (κ1) is 17.8. The Hall–Kier alpha value is -2.54. The van der Waals surface area contributed by atoms with Gasteiger partial charge in [0.05, 0.1) is 11.5 Å². The van der Waals surface area contributed by atoms with Gasteiger partial charge >= 0.3 is 5.97 Å². The van der Waals surface area contributed by atoms with E-state index in [9.17, 15) is 9.59 Å². The summed E-state index contributed by atoms with van der Waals surface area (Å²) in [6.45, 7) is 1.94. The summed E-state index contributed by atoms with van der Waals surface area (Å²) >= 11 is 1.18. The van der Waals surface area contributed by atoms with E-state index in [1.54, 1.807) is 19.1 Å². The Morgan fingerprint density at radius 1 is 1.29 bits per heavy atom. The van der Waals surface area contributed by atoms with Crippen LogP contribution in [0, 0.1) is 6.92 Å². The average Bonchev–Trinajstić information content (AvgIpc) is 2.97. The van der Waals surface area contributed by atoms with Gasteiger partial charge in [0.2, 0.25) is 5.91 Å². The van der Waals surface area contributed by atoms with E-state index in [2.05, 4.69) is 10.5 Å². The lowest BCUT2D eigenvalue weighted by atomic mass is 10.2. The molecule has 1 heterocycles. The van der Waals surface area contributed by atoms with Crippen molar-refractivity contribution in [2.24, 2.45) is 0 Å². The third-order valence-electron chi connectivity index (χ3n) is 2.80. The lowest BCUT2D eigenvalue weighted by molar-refractivity contribution is -0.139. The minimum atomic E-state index is -0.359. The quantitative estimate of drug-likeness (QED) is 0.740. The first-order valence-electron chi connectivity index (χ1n) is 7.31. The van der Waals surface area contributed by atoms with Gasteiger partial charge in [-0.1, -0.05) is 41.6 Å². The van der Waals surface area contributed by atoms with Gasteiger partial charge in [0.15, 0.2) is 5.82 Å². The van der Waals surface area contributed by atoms with Crippen molar-refractivity contribution in [3.05, 3.63) is 53.8 Å². The van der Waals surface area contributed by atoms with Gasteiger partial charge in [-0.15, -0.1) is 11.8 Å². The number of carbonyl (C=O) groups is 2. The number of aromatic nitrogens is 1. The average molecular weight is 346 g/mol. The van der Waals surface area contributed by atoms with Gasteiger partial charge in [-0.05, 0) is 18.6 Å². The summed E-state index contributed by atoms with van der Waals surface area (Å²) in [5.41, 5.74) is 1.04. The Morgan fingerprint density at radius 3 is 2.79 bits per heavy atom. The first-order chi connectivity index (χ1) is 11.6. The maximum absolute atomic E-state index is 11.6. The minimum absolute atomic E-state index is 0.116. The molecule has 0 saturated carbocycles. The largest absolute Gasteiger partial charge is 0.461 e. The standard InChI is InChI=1S/C17H18N2O4S/c1-13-10-15(19-23-13)18-16(20)11-24-12-17(21)22-9-5-8-14-6-3-2-4-7-14/h2-8,10H,9,11-12H2,1H3,(H,18,19,20)/b8-5+. The Kier molecular flexibility index (Phi) is 7.10. The minimum Gasteiger partial charge on any atom is -0.461 e. The van der Waals surface area contributed by atoms with Crippen molar-refractivity contribution >= 4 is 35.5 Å². The second-order valence-electron chi connectivity index (χ2n) is 4.86. The van der Waals surface area contributed by atoms with Crippen molar-refractivity contribution in [1.29, 1.82) is 0 Å². The highest BCUT2D eigenvalue weighted by atomic mass is 32.2. The Balaban J connectivity index is 1.57. The molecular formula is C17H18N2O4S. The van der Waals surface area contributed by atoms with Crippen LogP contribution in [0.2, 0.25) is 0 Å². The molecule has 1 aromatic heterocycles. The molecule has 7 heteroatoms. The predicted octanol–water partition coefficient (Wildman–Crippen LogP) is 2.91. The van der Waals surface area contributed by atoms with Crippen molar-refractivity contribution in [3.8, 4) is 0 Å². The van der Waals surface area contributed by atoms with Crippen molar-refractivity contribution in [2.75, 3.05) is 23.4 Å². The van der Waals surface area contributed by atoms with Crippen LogP contribution in [-0.4, -0.2) is 35.1 Å². The van der Waals surface area contributed by atoms with Gasteiger partial charge in [0.25, 0.3) is 0 Å². The van der Waals surface area contributed by atoms with E-state index < -0.39 is 0 Å². The molecule has 0 radical (unpaired) electrons. The van der Waals surface area contributed by atoms with E-state index in [0.29, 0.717) is 11.6 Å². The van der Waals surface area contributed by atoms with Crippen LogP contribution in [-0.2, 0) is 14.3 Å². The number of thioether (sulfide) groups is 1. The van der Waals surface area contributed by atoms with Crippen molar-refractivity contribution in [3.63, 3.8) is 0 Å². The summed E-state index contributed by atoms with van der Waals surface area (Å²) in [5, 5.41) is 6.24. The molecule has 2 aromatic rings. The second-order valence-corrected chi connectivity index (χ2v) is 5.85. The van der Waals surface area contributed by atoms with Gasteiger partial charge in [0, 0.05) is 6.07 Å². The fraction of sp³-hybridized carbons (Fsp3) is 0.235. The van der Waals surface area contributed by atoms with Crippen molar-refractivity contribution < 1.29 is 18.8 Å². The Bertz CT molecular complexity index is 698. The number of ether oxygens (including phenoxy) is 1. The van der Waals surface area contributed by atoms with Gasteiger partial charge in [0.1, 0.15) is 12.4 Å². The normalized spacial score (nSPS) is 10.7. The second kappa shape index (κ2) is 9.57. The molecule has 0 aliphatic rings. The van der Waals surface area contributed by atoms with Crippen LogP contribution in [0.15, 0.2) is 47.0 Å². The highest BCUT2D eigenvalue weighted by Gasteiger charge is 2.08. The molecule has 6 nitrogen and oxygen atoms in total. The summed E-state index contributed by atoms with van der Waals surface area (Å²) in [4.78, 5) is 23.2. The van der Waals surface area contributed by atoms with E-state index >= 15 is 0 Å². The summed E-state index contributed by atoms with van der Waals surface area (Å²) in [5.74, 6) is 0.635. The number of amides is 1. The molecular weight excluding hydrogens is 328 g/mol.